The van der Waals surface area contributed by atoms with Crippen molar-refractivity contribution in [3.8, 4) is 5.69 Å². The number of benzene rings is 3. The maximum absolute atomic E-state index is 14.6. The third kappa shape index (κ3) is 6.04. The van der Waals surface area contributed by atoms with E-state index in [0.29, 0.717) is 58.5 Å². The molecule has 1 fully saturated rings. The average Bonchev–Trinajstić information content (AvgIpc) is 3.58. The molecular weight excluding hydrogens is 606 g/mol. The van der Waals surface area contributed by atoms with Gasteiger partial charge in [0.1, 0.15) is 18.4 Å². The number of aryl methyl sites for hydroxylation is 2. The minimum Gasteiger partial charge on any atom is -0.465 e. The molecule has 4 heterocycles. The maximum atomic E-state index is 14.6. The van der Waals surface area contributed by atoms with E-state index in [1.807, 2.05) is 65.2 Å². The van der Waals surface area contributed by atoms with Gasteiger partial charge in [0.15, 0.2) is 17.0 Å². The van der Waals surface area contributed by atoms with Crippen LogP contribution in [0.25, 0.3) is 27.8 Å². The molecule has 11 heteroatoms. The second-order valence-electron chi connectivity index (χ2n) is 11.9. The second kappa shape index (κ2) is 13.7. The number of hydrogen-bond donors (Lipinski definition) is 1. The Morgan fingerprint density at radius 1 is 1.00 bits per heavy atom. The first-order valence-corrected chi connectivity index (χ1v) is 16.4. The summed E-state index contributed by atoms with van der Waals surface area (Å²) < 4.78 is 14.5. The summed E-state index contributed by atoms with van der Waals surface area (Å²) >= 11 is 0. The normalized spacial score (nSPS) is 15.4. The number of carbonyl (C=O) groups is 1. The van der Waals surface area contributed by atoms with E-state index in [9.17, 15) is 9.59 Å². The summed E-state index contributed by atoms with van der Waals surface area (Å²) in [7, 11) is 1.37. The highest BCUT2D eigenvalue weighted by molar-refractivity contribution is 5.89. The molecule has 0 amide bonds. The van der Waals surface area contributed by atoms with Crippen molar-refractivity contribution in [3.63, 3.8) is 0 Å². The topological polar surface area (TPSA) is 126 Å². The Morgan fingerprint density at radius 3 is 2.58 bits per heavy atom. The minimum atomic E-state index is -0.369. The monoisotopic (exact) mass is 643 g/mol. The second-order valence-corrected chi connectivity index (χ2v) is 11.9. The van der Waals surface area contributed by atoms with E-state index < -0.39 is 0 Å². The Balaban J connectivity index is 1.26. The summed E-state index contributed by atoms with van der Waals surface area (Å²) in [5.74, 6) is 0.785. The fourth-order valence-corrected chi connectivity index (χ4v) is 6.41. The average molecular weight is 644 g/mol. The molecule has 2 atom stereocenters. The molecule has 0 saturated carbocycles. The van der Waals surface area contributed by atoms with Crippen molar-refractivity contribution in [2.75, 3.05) is 19.0 Å². The number of nitrogens with one attached hydrogen (secondary N) is 1. The molecule has 3 aromatic carbocycles. The molecule has 6 aromatic rings. The van der Waals surface area contributed by atoms with E-state index in [0.717, 1.165) is 42.7 Å². The number of nitrogens with zero attached hydrogens (tertiary/aromatic N) is 6. The minimum absolute atomic E-state index is 0.104. The molecule has 0 bridgehead atoms. The van der Waals surface area contributed by atoms with E-state index >= 15 is 0 Å². The van der Waals surface area contributed by atoms with Crippen molar-refractivity contribution < 1.29 is 14.3 Å². The molecule has 7 rings (SSSR count). The molecule has 0 spiro atoms. The smallest absolute Gasteiger partial charge is 0.337 e. The van der Waals surface area contributed by atoms with Crippen LogP contribution in [0.1, 0.15) is 72.2 Å². The molecular formula is C37H37N7O4. The lowest BCUT2D eigenvalue weighted by Gasteiger charge is -2.24. The highest BCUT2D eigenvalue weighted by Crippen LogP contribution is 2.30. The third-order valence-electron chi connectivity index (χ3n) is 8.94. The molecule has 1 aliphatic rings. The first-order chi connectivity index (χ1) is 23.6. The molecule has 1 aliphatic heterocycles. The quantitative estimate of drug-likeness (QED) is 0.170. The summed E-state index contributed by atoms with van der Waals surface area (Å²) in [5, 5.41) is 4.15. The fourth-order valence-electron chi connectivity index (χ4n) is 6.41. The van der Waals surface area contributed by atoms with E-state index in [1.54, 1.807) is 23.0 Å². The number of carbonyl (C=O) groups excluding carboxylic acids is 1. The van der Waals surface area contributed by atoms with E-state index in [4.69, 9.17) is 14.5 Å². The lowest BCUT2D eigenvalue weighted by atomic mass is 10.00. The van der Waals surface area contributed by atoms with Gasteiger partial charge in [-0.15, -0.1) is 0 Å². The van der Waals surface area contributed by atoms with Gasteiger partial charge < -0.3 is 14.8 Å². The molecule has 3 aromatic heterocycles. The van der Waals surface area contributed by atoms with Crippen LogP contribution in [0.3, 0.4) is 0 Å². The van der Waals surface area contributed by atoms with Crippen molar-refractivity contribution >= 4 is 33.9 Å². The van der Waals surface area contributed by atoms with Gasteiger partial charge in [-0.05, 0) is 80.0 Å². The van der Waals surface area contributed by atoms with Crippen molar-refractivity contribution in [2.24, 2.45) is 0 Å². The lowest BCUT2D eigenvalue weighted by molar-refractivity contribution is -0.0298. The predicted molar refractivity (Wildman–Crippen MR) is 183 cm³/mol. The number of anilines is 1. The molecule has 1 saturated heterocycles. The van der Waals surface area contributed by atoms with Crippen LogP contribution in [0, 0.1) is 0 Å². The number of esters is 1. The Morgan fingerprint density at radius 2 is 1.83 bits per heavy atom. The molecule has 0 radical (unpaired) electrons. The van der Waals surface area contributed by atoms with Gasteiger partial charge in [-0.2, -0.15) is 0 Å². The number of ether oxygens (including phenoxy) is 2. The summed E-state index contributed by atoms with van der Waals surface area (Å²) in [4.78, 5) is 45.4. The number of aromatic nitrogens is 6. The van der Waals surface area contributed by atoms with Crippen LogP contribution in [0.5, 0.6) is 0 Å². The van der Waals surface area contributed by atoms with Gasteiger partial charge in [-0.3, -0.25) is 13.9 Å². The van der Waals surface area contributed by atoms with E-state index in [2.05, 4.69) is 27.2 Å². The fraction of sp³-hybridized carbons (Fsp3) is 0.297. The first-order valence-electron chi connectivity index (χ1n) is 16.4. The van der Waals surface area contributed by atoms with Gasteiger partial charge in [0.05, 0.1) is 41.6 Å². The van der Waals surface area contributed by atoms with Gasteiger partial charge >= 0.3 is 5.97 Å². The van der Waals surface area contributed by atoms with Crippen LogP contribution < -0.4 is 10.9 Å². The zero-order chi connectivity index (χ0) is 33.0. The Kier molecular flexibility index (Phi) is 8.93. The van der Waals surface area contributed by atoms with Crippen LogP contribution >= 0.6 is 0 Å². The van der Waals surface area contributed by atoms with Crippen LogP contribution in [0.2, 0.25) is 0 Å². The number of para-hydroxylation sites is 1. The molecule has 0 aliphatic carbocycles. The highest BCUT2D eigenvalue weighted by atomic mass is 16.5. The summed E-state index contributed by atoms with van der Waals surface area (Å²) in [5.41, 5.74) is 5.03. The first kappa shape index (κ1) is 31.2. The van der Waals surface area contributed by atoms with Crippen molar-refractivity contribution in [1.82, 2.24) is 29.1 Å². The number of fused-ring (bicyclic) bond motifs is 2. The standard InChI is InChI=1S/C37H37N7O4/c1-3-28(41-33-32-35(39-22-38-33)43(23-40-32)30-14-7-8-21-48-30)34-42-29-13-9-10-25(18-15-24-16-19-26(20-17-24)37(46)47-2)31(29)36(45)44(34)27-11-5-4-6-12-27/h4-6,9-13,16-17,19-20,22-23,28,30H,3,7-8,14-15,18,21H2,1-2H3,(H,38,39,41). The van der Waals surface area contributed by atoms with E-state index in [1.165, 1.54) is 13.4 Å². The number of rotatable bonds is 10. The zero-order valence-corrected chi connectivity index (χ0v) is 27.0. The van der Waals surface area contributed by atoms with Gasteiger partial charge in [0.25, 0.3) is 5.56 Å². The SMILES string of the molecule is CCC(Nc1ncnc2c1ncn2C1CCCCO1)c1nc2cccc(CCc3ccc(C(=O)OC)cc3)c2c(=O)n1-c1ccccc1. The molecule has 244 valence electrons. The van der Waals surface area contributed by atoms with Crippen molar-refractivity contribution in [3.05, 3.63) is 118 Å². The van der Waals surface area contributed by atoms with Crippen LogP contribution in [0.4, 0.5) is 5.82 Å². The number of hydrogen-bond acceptors (Lipinski definition) is 9. The third-order valence-corrected chi connectivity index (χ3v) is 8.94. The van der Waals surface area contributed by atoms with Crippen LogP contribution in [0.15, 0.2) is 90.2 Å². The number of imidazole rings is 1. The summed E-state index contributed by atoms with van der Waals surface area (Å²) in [6, 6.07) is 22.4. The van der Waals surface area contributed by atoms with Gasteiger partial charge in [0.2, 0.25) is 0 Å². The zero-order valence-electron chi connectivity index (χ0n) is 27.0. The number of methoxy groups -OCH3 is 1. The maximum Gasteiger partial charge on any atom is 0.337 e. The molecule has 2 unspecified atom stereocenters. The largest absolute Gasteiger partial charge is 0.465 e. The Hall–Kier alpha value is -5.42. The van der Waals surface area contributed by atoms with E-state index in [-0.39, 0.29) is 23.8 Å². The Bertz CT molecular complexity index is 2120. The molecule has 48 heavy (non-hydrogen) atoms. The van der Waals surface area contributed by atoms with Crippen molar-refractivity contribution in [1.29, 1.82) is 0 Å². The van der Waals surface area contributed by atoms with Gasteiger partial charge in [0, 0.05) is 6.61 Å². The molecule has 1 N–H and O–H groups in total. The predicted octanol–water partition coefficient (Wildman–Crippen LogP) is 6.36. The lowest BCUT2D eigenvalue weighted by Crippen LogP contribution is -2.29. The van der Waals surface area contributed by atoms with Crippen LogP contribution in [-0.4, -0.2) is 48.8 Å². The summed E-state index contributed by atoms with van der Waals surface area (Å²) in [6.45, 7) is 2.77. The van der Waals surface area contributed by atoms with Crippen molar-refractivity contribution in [2.45, 2.75) is 57.7 Å². The highest BCUT2D eigenvalue weighted by Gasteiger charge is 2.25. The van der Waals surface area contributed by atoms with Crippen LogP contribution in [-0.2, 0) is 22.3 Å². The van der Waals surface area contributed by atoms with Gasteiger partial charge in [-0.25, -0.2) is 24.7 Å². The summed E-state index contributed by atoms with van der Waals surface area (Å²) in [6.07, 6.45) is 8.20. The molecule has 11 nitrogen and oxygen atoms in total. The Labute approximate surface area is 277 Å². The van der Waals surface area contributed by atoms with Gasteiger partial charge in [-0.1, -0.05) is 49.4 Å².